The van der Waals surface area contributed by atoms with Crippen LogP contribution in [0.2, 0.25) is 5.02 Å². The minimum atomic E-state index is 0.599. The van der Waals surface area contributed by atoms with Crippen LogP contribution in [-0.4, -0.2) is 0 Å². The normalized spacial score (nSPS) is 10.4. The first-order valence-electron chi connectivity index (χ1n) is 5.38. The van der Waals surface area contributed by atoms with Crippen molar-refractivity contribution >= 4 is 43.5 Å². The van der Waals surface area contributed by atoms with E-state index in [9.17, 15) is 0 Å². The molecule has 1 nitrogen and oxygen atoms in total. The second kappa shape index (κ2) is 6.09. The van der Waals surface area contributed by atoms with Gasteiger partial charge in [-0.05, 0) is 42.3 Å². The smallest absolute Gasteiger partial charge is 0.147 e. The molecular formula is C14H11Br2ClO. The lowest BCUT2D eigenvalue weighted by Crippen LogP contribution is -1.90. The molecule has 0 N–H and O–H groups in total. The van der Waals surface area contributed by atoms with Gasteiger partial charge in [0.25, 0.3) is 0 Å². The first-order valence-corrected chi connectivity index (χ1v) is 7.68. The van der Waals surface area contributed by atoms with E-state index in [1.807, 2.05) is 37.3 Å². The molecule has 0 aliphatic rings. The highest BCUT2D eigenvalue weighted by molar-refractivity contribution is 9.10. The Kier molecular flexibility index (Phi) is 4.71. The second-order valence-electron chi connectivity index (χ2n) is 3.91. The van der Waals surface area contributed by atoms with Gasteiger partial charge in [0, 0.05) is 9.80 Å². The Balaban J connectivity index is 2.31. The molecule has 0 amide bonds. The van der Waals surface area contributed by atoms with Crippen molar-refractivity contribution in [3.63, 3.8) is 0 Å². The van der Waals surface area contributed by atoms with Crippen molar-refractivity contribution < 1.29 is 4.74 Å². The van der Waals surface area contributed by atoms with Gasteiger partial charge in [0.2, 0.25) is 0 Å². The van der Waals surface area contributed by atoms with Crippen molar-refractivity contribution in [2.75, 3.05) is 0 Å². The van der Waals surface area contributed by atoms with Crippen molar-refractivity contribution in [1.82, 2.24) is 0 Å². The van der Waals surface area contributed by atoms with Crippen LogP contribution in [0, 0.1) is 6.92 Å². The molecule has 0 aromatic heterocycles. The Morgan fingerprint density at radius 2 is 1.89 bits per heavy atom. The summed E-state index contributed by atoms with van der Waals surface area (Å²) in [5, 5.41) is 1.44. The quantitative estimate of drug-likeness (QED) is 0.576. The van der Waals surface area contributed by atoms with Crippen LogP contribution >= 0.6 is 43.5 Å². The fourth-order valence-corrected chi connectivity index (χ4v) is 2.43. The molecule has 94 valence electrons. The molecule has 2 aromatic carbocycles. The Bertz CT molecular complexity index is 570. The summed E-state index contributed by atoms with van der Waals surface area (Å²) in [6, 6.07) is 11.6. The van der Waals surface area contributed by atoms with E-state index >= 15 is 0 Å². The van der Waals surface area contributed by atoms with E-state index in [2.05, 4.69) is 37.9 Å². The van der Waals surface area contributed by atoms with E-state index in [0.717, 1.165) is 21.1 Å². The predicted octanol–water partition coefficient (Wildman–Crippen LogP) is 6.10. The van der Waals surface area contributed by atoms with Crippen LogP contribution in [0.15, 0.2) is 40.9 Å². The number of hydrogen-bond donors (Lipinski definition) is 0. The van der Waals surface area contributed by atoms with Crippen LogP contribution in [0.1, 0.15) is 11.1 Å². The van der Waals surface area contributed by atoms with Gasteiger partial charge in [-0.15, -0.1) is 0 Å². The molecule has 2 aromatic rings. The third-order valence-corrected chi connectivity index (χ3v) is 3.96. The van der Waals surface area contributed by atoms with Crippen molar-refractivity contribution in [2.45, 2.75) is 12.3 Å². The van der Waals surface area contributed by atoms with Gasteiger partial charge in [-0.25, -0.2) is 0 Å². The van der Waals surface area contributed by atoms with Crippen molar-refractivity contribution in [2.24, 2.45) is 0 Å². The Morgan fingerprint density at radius 1 is 1.11 bits per heavy atom. The molecule has 0 unspecified atom stereocenters. The molecule has 0 saturated carbocycles. The average Bonchev–Trinajstić information content (AvgIpc) is 2.36. The number of alkyl halides is 1. The number of halogens is 3. The molecule has 0 aliphatic carbocycles. The second-order valence-corrected chi connectivity index (χ2v) is 5.79. The molecule has 0 aliphatic heterocycles. The van der Waals surface area contributed by atoms with Gasteiger partial charge in [-0.3, -0.25) is 0 Å². The number of ether oxygens (including phenoxy) is 1. The maximum atomic E-state index is 6.10. The van der Waals surface area contributed by atoms with Crippen molar-refractivity contribution in [3.8, 4) is 11.5 Å². The van der Waals surface area contributed by atoms with Gasteiger partial charge in [-0.2, -0.15) is 0 Å². The van der Waals surface area contributed by atoms with Crippen LogP contribution in [0.3, 0.4) is 0 Å². The number of rotatable bonds is 3. The molecular weight excluding hydrogens is 379 g/mol. The van der Waals surface area contributed by atoms with Gasteiger partial charge in [0.1, 0.15) is 11.5 Å². The predicted molar refractivity (Wildman–Crippen MR) is 83.0 cm³/mol. The maximum Gasteiger partial charge on any atom is 0.147 e. The highest BCUT2D eigenvalue weighted by Crippen LogP contribution is 2.33. The average molecular weight is 391 g/mol. The van der Waals surface area contributed by atoms with Crippen LogP contribution < -0.4 is 4.74 Å². The van der Waals surface area contributed by atoms with Gasteiger partial charge in [0.05, 0.1) is 5.02 Å². The standard InChI is InChI=1S/C14H11Br2ClO/c1-9-6-10(8-15)2-5-13(9)18-14-7-11(16)3-4-12(14)17/h2-7H,8H2,1H3. The van der Waals surface area contributed by atoms with E-state index < -0.39 is 0 Å². The topological polar surface area (TPSA) is 9.23 Å². The molecule has 0 spiro atoms. The van der Waals surface area contributed by atoms with Crippen LogP contribution in [0.4, 0.5) is 0 Å². The summed E-state index contributed by atoms with van der Waals surface area (Å²) in [6.07, 6.45) is 0. The zero-order valence-electron chi connectivity index (χ0n) is 9.71. The van der Waals surface area contributed by atoms with E-state index in [1.54, 1.807) is 0 Å². The summed E-state index contributed by atoms with van der Waals surface area (Å²) >= 11 is 12.9. The molecule has 0 fully saturated rings. The van der Waals surface area contributed by atoms with E-state index in [0.29, 0.717) is 10.8 Å². The van der Waals surface area contributed by atoms with Crippen molar-refractivity contribution in [3.05, 3.63) is 57.0 Å². The SMILES string of the molecule is Cc1cc(CBr)ccc1Oc1cc(Br)ccc1Cl. The first-order chi connectivity index (χ1) is 8.60. The van der Waals surface area contributed by atoms with Crippen molar-refractivity contribution in [1.29, 1.82) is 0 Å². The summed E-state index contributed by atoms with van der Waals surface area (Å²) in [7, 11) is 0. The Hall–Kier alpha value is -0.510. The summed E-state index contributed by atoms with van der Waals surface area (Å²) in [5.41, 5.74) is 2.31. The number of aryl methyl sites for hydroxylation is 1. The lowest BCUT2D eigenvalue weighted by atomic mass is 10.1. The minimum Gasteiger partial charge on any atom is -0.455 e. The van der Waals surface area contributed by atoms with E-state index in [-0.39, 0.29) is 0 Å². The number of hydrogen-bond acceptors (Lipinski definition) is 1. The maximum absolute atomic E-state index is 6.10. The highest BCUT2D eigenvalue weighted by Gasteiger charge is 2.06. The van der Waals surface area contributed by atoms with Gasteiger partial charge >= 0.3 is 0 Å². The lowest BCUT2D eigenvalue weighted by molar-refractivity contribution is 0.478. The monoisotopic (exact) mass is 388 g/mol. The fraction of sp³-hybridized carbons (Fsp3) is 0.143. The first kappa shape index (κ1) is 13.9. The summed E-state index contributed by atoms with van der Waals surface area (Å²) in [5.74, 6) is 1.47. The molecule has 0 saturated heterocycles. The zero-order chi connectivity index (χ0) is 13.1. The largest absolute Gasteiger partial charge is 0.455 e. The third kappa shape index (κ3) is 3.28. The molecule has 0 bridgehead atoms. The molecule has 0 heterocycles. The molecule has 18 heavy (non-hydrogen) atoms. The molecule has 0 atom stereocenters. The van der Waals surface area contributed by atoms with Gasteiger partial charge in [-0.1, -0.05) is 55.6 Å². The summed E-state index contributed by atoms with van der Waals surface area (Å²) in [4.78, 5) is 0. The Morgan fingerprint density at radius 3 is 2.56 bits per heavy atom. The number of benzene rings is 2. The van der Waals surface area contributed by atoms with E-state index in [1.165, 1.54) is 5.56 Å². The zero-order valence-corrected chi connectivity index (χ0v) is 13.6. The van der Waals surface area contributed by atoms with Gasteiger partial charge in [0.15, 0.2) is 0 Å². The summed E-state index contributed by atoms with van der Waals surface area (Å²) in [6.45, 7) is 2.02. The highest BCUT2D eigenvalue weighted by atomic mass is 79.9. The van der Waals surface area contributed by atoms with Crippen LogP contribution in [0.25, 0.3) is 0 Å². The van der Waals surface area contributed by atoms with Crippen LogP contribution in [-0.2, 0) is 5.33 Å². The van der Waals surface area contributed by atoms with Gasteiger partial charge < -0.3 is 4.74 Å². The molecule has 4 heteroatoms. The third-order valence-electron chi connectivity index (χ3n) is 2.51. The molecule has 0 radical (unpaired) electrons. The minimum absolute atomic E-state index is 0.599. The fourth-order valence-electron chi connectivity index (χ4n) is 1.58. The molecule has 2 rings (SSSR count). The lowest BCUT2D eigenvalue weighted by Gasteiger charge is -2.11. The Labute approximate surface area is 128 Å². The summed E-state index contributed by atoms with van der Waals surface area (Å²) < 4.78 is 6.78. The van der Waals surface area contributed by atoms with Crippen LogP contribution in [0.5, 0.6) is 11.5 Å². The van der Waals surface area contributed by atoms with E-state index in [4.69, 9.17) is 16.3 Å².